The molecule has 2 aromatic carbocycles. The first kappa shape index (κ1) is 23.1. The lowest BCUT2D eigenvalue weighted by molar-refractivity contribution is -0.140. The topological polar surface area (TPSA) is 99.5 Å². The molecular formula is C24H25ClN2O6. The lowest BCUT2D eigenvalue weighted by Gasteiger charge is -2.31. The highest BCUT2D eigenvalue weighted by Gasteiger charge is 2.46. The minimum Gasteiger partial charge on any atom is -0.507 e. The number of Topliss-reactive ketones (excluding diaryl/α,β-unsaturated/α-hetero) is 1. The third kappa shape index (κ3) is 4.68. The smallest absolute Gasteiger partial charge is 0.295 e. The molecule has 0 aromatic heterocycles. The summed E-state index contributed by atoms with van der Waals surface area (Å²) in [5.41, 5.74) is 0.493. The number of ketones is 1. The molecule has 0 aliphatic carbocycles. The summed E-state index contributed by atoms with van der Waals surface area (Å²) in [4.78, 5) is 29.8. The van der Waals surface area contributed by atoms with Gasteiger partial charge in [-0.15, -0.1) is 0 Å². The van der Waals surface area contributed by atoms with E-state index < -0.39 is 23.5 Å². The summed E-state index contributed by atoms with van der Waals surface area (Å²) in [5, 5.41) is 21.7. The molecule has 2 aromatic rings. The summed E-state index contributed by atoms with van der Waals surface area (Å²) in [6.07, 6.45) is 0. The van der Waals surface area contributed by atoms with E-state index in [2.05, 4.69) is 4.90 Å². The number of nitrogens with zero attached hydrogens (tertiary/aromatic N) is 2. The third-order valence-corrected chi connectivity index (χ3v) is 6.16. The Morgan fingerprint density at radius 1 is 1.15 bits per heavy atom. The first-order valence-electron chi connectivity index (χ1n) is 10.6. The number of benzene rings is 2. The number of halogens is 1. The molecule has 2 aliphatic rings. The molecule has 2 saturated heterocycles. The number of methoxy groups -OCH3 is 1. The fraction of sp³-hybridized carbons (Fsp3) is 0.333. The van der Waals surface area contributed by atoms with E-state index in [-0.39, 0.29) is 28.5 Å². The van der Waals surface area contributed by atoms with Gasteiger partial charge in [-0.1, -0.05) is 23.7 Å². The summed E-state index contributed by atoms with van der Waals surface area (Å²) in [6.45, 7) is 3.55. The maximum absolute atomic E-state index is 13.1. The highest BCUT2D eigenvalue weighted by atomic mass is 35.5. The van der Waals surface area contributed by atoms with Crippen LogP contribution in [0.3, 0.4) is 0 Å². The van der Waals surface area contributed by atoms with Crippen molar-refractivity contribution in [2.75, 3.05) is 46.5 Å². The number of likely N-dealkylation sites (tertiary alicyclic amines) is 1. The van der Waals surface area contributed by atoms with Crippen LogP contribution in [0.15, 0.2) is 48.0 Å². The number of phenolic OH excluding ortho intramolecular Hbond substituents is 1. The van der Waals surface area contributed by atoms with Crippen molar-refractivity contribution >= 4 is 29.1 Å². The van der Waals surface area contributed by atoms with E-state index in [9.17, 15) is 19.8 Å². The predicted molar refractivity (Wildman–Crippen MR) is 122 cm³/mol. The molecule has 1 unspecified atom stereocenters. The molecule has 1 atom stereocenters. The van der Waals surface area contributed by atoms with Crippen molar-refractivity contribution in [2.24, 2.45) is 0 Å². The zero-order valence-corrected chi connectivity index (χ0v) is 18.9. The molecule has 0 radical (unpaired) electrons. The number of amides is 1. The van der Waals surface area contributed by atoms with Crippen LogP contribution in [0.2, 0.25) is 5.02 Å². The number of aromatic hydroxyl groups is 1. The molecular weight excluding hydrogens is 448 g/mol. The minimum atomic E-state index is -0.848. The Morgan fingerprint density at radius 2 is 1.91 bits per heavy atom. The molecule has 2 fully saturated rings. The van der Waals surface area contributed by atoms with E-state index in [1.54, 1.807) is 24.3 Å². The molecule has 1 amide bonds. The van der Waals surface area contributed by atoms with Crippen LogP contribution in [0.25, 0.3) is 5.76 Å². The van der Waals surface area contributed by atoms with Gasteiger partial charge < -0.3 is 24.6 Å². The van der Waals surface area contributed by atoms with E-state index in [0.29, 0.717) is 31.1 Å². The summed E-state index contributed by atoms with van der Waals surface area (Å²) in [5.74, 6) is -1.70. The fourth-order valence-corrected chi connectivity index (χ4v) is 4.36. The van der Waals surface area contributed by atoms with E-state index in [4.69, 9.17) is 21.1 Å². The Labute approximate surface area is 196 Å². The maximum Gasteiger partial charge on any atom is 0.295 e. The number of aliphatic hydroxyl groups is 1. The molecule has 0 saturated carbocycles. The highest BCUT2D eigenvalue weighted by molar-refractivity contribution is 6.46. The van der Waals surface area contributed by atoms with Crippen molar-refractivity contribution < 1.29 is 29.3 Å². The Hall–Kier alpha value is -3.07. The van der Waals surface area contributed by atoms with Crippen LogP contribution < -0.4 is 4.74 Å². The number of ether oxygens (including phenoxy) is 2. The number of rotatable bonds is 6. The van der Waals surface area contributed by atoms with Crippen molar-refractivity contribution in [3.05, 3.63) is 64.2 Å². The maximum atomic E-state index is 13.1. The molecule has 33 heavy (non-hydrogen) atoms. The number of aliphatic hydroxyl groups excluding tert-OH is 1. The van der Waals surface area contributed by atoms with Crippen molar-refractivity contribution in [3.8, 4) is 11.5 Å². The number of hydrogen-bond acceptors (Lipinski definition) is 7. The Balaban J connectivity index is 1.79. The van der Waals surface area contributed by atoms with E-state index >= 15 is 0 Å². The highest BCUT2D eigenvalue weighted by Crippen LogP contribution is 2.41. The zero-order valence-electron chi connectivity index (χ0n) is 18.2. The number of morpholine rings is 1. The molecule has 4 rings (SSSR count). The zero-order chi connectivity index (χ0) is 23.5. The standard InChI is InChI=1S/C24H25ClN2O6/c1-32-17-4-2-3-15(13-17)21-20(22(29)18-14-16(25)5-6-19(18)28)23(30)24(31)27(21)8-7-26-9-11-33-12-10-26/h2-6,13-14,21,28-29H,7-12H2,1H3/b22-20+. The summed E-state index contributed by atoms with van der Waals surface area (Å²) in [7, 11) is 1.53. The van der Waals surface area contributed by atoms with Crippen LogP contribution >= 0.6 is 11.6 Å². The number of hydrogen-bond donors (Lipinski definition) is 2. The van der Waals surface area contributed by atoms with Gasteiger partial charge in [-0.05, 0) is 35.9 Å². The fourth-order valence-electron chi connectivity index (χ4n) is 4.19. The molecule has 2 N–H and O–H groups in total. The van der Waals surface area contributed by atoms with Gasteiger partial charge in [0.2, 0.25) is 0 Å². The Morgan fingerprint density at radius 3 is 2.64 bits per heavy atom. The van der Waals surface area contributed by atoms with Gasteiger partial charge in [0.05, 0.1) is 37.5 Å². The van der Waals surface area contributed by atoms with Crippen LogP contribution in [-0.4, -0.2) is 78.2 Å². The van der Waals surface area contributed by atoms with Gasteiger partial charge in [-0.25, -0.2) is 0 Å². The van der Waals surface area contributed by atoms with Gasteiger partial charge in [0.25, 0.3) is 11.7 Å². The molecule has 9 heteroatoms. The van der Waals surface area contributed by atoms with E-state index in [1.807, 2.05) is 0 Å². The predicted octanol–water partition coefficient (Wildman–Crippen LogP) is 2.81. The second kappa shape index (κ2) is 9.82. The number of carbonyl (C=O) groups is 2. The van der Waals surface area contributed by atoms with Gasteiger partial charge in [-0.3, -0.25) is 14.5 Å². The van der Waals surface area contributed by atoms with Gasteiger partial charge in [0, 0.05) is 31.2 Å². The Kier molecular flexibility index (Phi) is 6.88. The van der Waals surface area contributed by atoms with Crippen LogP contribution in [-0.2, 0) is 14.3 Å². The second-order valence-electron chi connectivity index (χ2n) is 7.88. The number of carbonyl (C=O) groups excluding carboxylic acids is 2. The van der Waals surface area contributed by atoms with Crippen molar-refractivity contribution in [3.63, 3.8) is 0 Å². The SMILES string of the molecule is COc1cccc(C2/C(=C(\O)c3cc(Cl)ccc3O)C(=O)C(=O)N2CCN2CCOCC2)c1. The first-order chi connectivity index (χ1) is 15.9. The van der Waals surface area contributed by atoms with E-state index in [0.717, 1.165) is 13.1 Å². The van der Waals surface area contributed by atoms with Crippen molar-refractivity contribution in [1.29, 1.82) is 0 Å². The third-order valence-electron chi connectivity index (χ3n) is 5.92. The van der Waals surface area contributed by atoms with Gasteiger partial charge in [0.1, 0.15) is 17.3 Å². The van der Waals surface area contributed by atoms with Crippen LogP contribution in [0.4, 0.5) is 0 Å². The van der Waals surface area contributed by atoms with Crippen LogP contribution in [0.1, 0.15) is 17.2 Å². The monoisotopic (exact) mass is 472 g/mol. The van der Waals surface area contributed by atoms with Crippen molar-refractivity contribution in [2.45, 2.75) is 6.04 Å². The van der Waals surface area contributed by atoms with Gasteiger partial charge in [0.15, 0.2) is 0 Å². The molecule has 0 spiro atoms. The van der Waals surface area contributed by atoms with Crippen LogP contribution in [0, 0.1) is 0 Å². The average molecular weight is 473 g/mol. The minimum absolute atomic E-state index is 0.0124. The van der Waals surface area contributed by atoms with Gasteiger partial charge >= 0.3 is 0 Å². The van der Waals surface area contributed by atoms with Gasteiger partial charge in [-0.2, -0.15) is 0 Å². The summed E-state index contributed by atoms with van der Waals surface area (Å²) in [6, 6.07) is 10.3. The Bertz CT molecular complexity index is 1100. The lowest BCUT2D eigenvalue weighted by atomic mass is 9.95. The average Bonchev–Trinajstić information content (AvgIpc) is 3.09. The molecule has 2 aliphatic heterocycles. The number of phenols is 1. The largest absolute Gasteiger partial charge is 0.507 e. The van der Waals surface area contributed by atoms with Crippen LogP contribution in [0.5, 0.6) is 11.5 Å². The lowest BCUT2D eigenvalue weighted by Crippen LogP contribution is -2.42. The molecule has 174 valence electrons. The normalized spacial score (nSPS) is 20.9. The molecule has 2 heterocycles. The van der Waals surface area contributed by atoms with E-state index in [1.165, 1.54) is 30.2 Å². The quantitative estimate of drug-likeness (QED) is 0.379. The van der Waals surface area contributed by atoms with Crippen molar-refractivity contribution in [1.82, 2.24) is 9.80 Å². The second-order valence-corrected chi connectivity index (χ2v) is 8.32. The molecule has 0 bridgehead atoms. The molecule has 8 nitrogen and oxygen atoms in total. The summed E-state index contributed by atoms with van der Waals surface area (Å²) >= 11 is 6.05. The summed E-state index contributed by atoms with van der Waals surface area (Å²) < 4.78 is 10.7. The first-order valence-corrected chi connectivity index (χ1v) is 11.0.